The van der Waals surface area contributed by atoms with Crippen molar-refractivity contribution in [3.63, 3.8) is 0 Å². The van der Waals surface area contributed by atoms with E-state index in [0.717, 1.165) is 30.2 Å². The Morgan fingerprint density at radius 1 is 1.11 bits per heavy atom. The Bertz CT molecular complexity index is 663. The molecule has 5 nitrogen and oxygen atoms in total. The van der Waals surface area contributed by atoms with Crippen molar-refractivity contribution in [3.8, 4) is 0 Å². The molecule has 1 aromatic carbocycles. The third-order valence-corrected chi connectivity index (χ3v) is 5.65. The lowest BCUT2D eigenvalue weighted by molar-refractivity contribution is -0.148. The van der Waals surface area contributed by atoms with Gasteiger partial charge in [-0.25, -0.2) is 4.79 Å². The van der Waals surface area contributed by atoms with Gasteiger partial charge in [0, 0.05) is 16.0 Å². The van der Waals surface area contributed by atoms with Gasteiger partial charge < -0.3 is 10.1 Å². The van der Waals surface area contributed by atoms with Crippen LogP contribution in [0.4, 0.5) is 0 Å². The third kappa shape index (κ3) is 6.45. The first-order chi connectivity index (χ1) is 12.8. The maximum atomic E-state index is 12.5. The number of hydrogen-bond donors (Lipinski definition) is 1. The van der Waals surface area contributed by atoms with Crippen LogP contribution in [0.15, 0.2) is 28.7 Å². The van der Waals surface area contributed by atoms with Gasteiger partial charge in [0.25, 0.3) is 0 Å². The van der Waals surface area contributed by atoms with Crippen LogP contribution in [-0.4, -0.2) is 30.3 Å². The molecule has 0 radical (unpaired) electrons. The van der Waals surface area contributed by atoms with Crippen LogP contribution in [-0.2, 0) is 14.3 Å². The number of amides is 1. The van der Waals surface area contributed by atoms with Crippen LogP contribution >= 0.6 is 15.9 Å². The number of ether oxygens (including phenoxy) is 1. The minimum Gasteiger partial charge on any atom is -0.456 e. The van der Waals surface area contributed by atoms with Crippen molar-refractivity contribution in [1.29, 1.82) is 0 Å². The number of nitrogens with one attached hydrogen (secondary N) is 1. The maximum Gasteiger partial charge on any atom is 0.329 e. The molecule has 1 fully saturated rings. The second kappa shape index (κ2) is 10.0. The van der Waals surface area contributed by atoms with Gasteiger partial charge in [0.05, 0.1) is 0 Å². The summed E-state index contributed by atoms with van der Waals surface area (Å²) in [6.45, 7) is 5.57. The van der Waals surface area contributed by atoms with Crippen LogP contribution in [0.1, 0.15) is 56.8 Å². The van der Waals surface area contributed by atoms with Crippen molar-refractivity contribution in [2.24, 2.45) is 17.8 Å². The molecule has 1 aliphatic rings. The molecule has 0 heterocycles. The fraction of sp³-hybridized carbons (Fsp3) is 0.571. The second-order valence-corrected chi connectivity index (χ2v) is 8.64. The lowest BCUT2D eigenvalue weighted by Crippen LogP contribution is -2.48. The smallest absolute Gasteiger partial charge is 0.329 e. The van der Waals surface area contributed by atoms with Crippen molar-refractivity contribution in [2.45, 2.75) is 52.5 Å². The van der Waals surface area contributed by atoms with E-state index in [1.807, 2.05) is 13.8 Å². The van der Waals surface area contributed by atoms with E-state index in [0.29, 0.717) is 11.5 Å². The topological polar surface area (TPSA) is 72.5 Å². The molecule has 0 bridgehead atoms. The molecular formula is C21H28BrNO4. The number of rotatable bonds is 7. The fourth-order valence-electron chi connectivity index (χ4n) is 3.24. The highest BCUT2D eigenvalue weighted by atomic mass is 79.9. The van der Waals surface area contributed by atoms with Crippen LogP contribution in [0, 0.1) is 17.8 Å². The van der Waals surface area contributed by atoms with Crippen LogP contribution in [0.3, 0.4) is 0 Å². The largest absolute Gasteiger partial charge is 0.456 e. The summed E-state index contributed by atoms with van der Waals surface area (Å²) in [5.74, 6) is -0.424. The lowest BCUT2D eigenvalue weighted by atomic mass is 9.82. The molecule has 0 spiro atoms. The summed E-state index contributed by atoms with van der Waals surface area (Å²) in [7, 11) is 0. The zero-order valence-corrected chi connectivity index (χ0v) is 17.8. The van der Waals surface area contributed by atoms with Crippen molar-refractivity contribution < 1.29 is 19.1 Å². The number of carbonyl (C=O) groups excluding carboxylic acids is 3. The molecule has 0 unspecified atom stereocenters. The Morgan fingerprint density at radius 3 is 2.26 bits per heavy atom. The van der Waals surface area contributed by atoms with Gasteiger partial charge in [0.15, 0.2) is 12.4 Å². The average molecular weight is 438 g/mol. The molecule has 0 saturated heterocycles. The molecule has 2 rings (SSSR count). The van der Waals surface area contributed by atoms with Crippen molar-refractivity contribution in [1.82, 2.24) is 5.32 Å². The highest BCUT2D eigenvalue weighted by molar-refractivity contribution is 9.10. The van der Waals surface area contributed by atoms with Crippen LogP contribution in [0.5, 0.6) is 0 Å². The first-order valence-electron chi connectivity index (χ1n) is 9.53. The number of benzene rings is 1. The van der Waals surface area contributed by atoms with Crippen molar-refractivity contribution in [3.05, 3.63) is 34.3 Å². The molecule has 1 atom stereocenters. The van der Waals surface area contributed by atoms with Gasteiger partial charge in [-0.05, 0) is 49.7 Å². The van der Waals surface area contributed by atoms with Gasteiger partial charge in [0.2, 0.25) is 5.91 Å². The Morgan fingerprint density at radius 2 is 1.70 bits per heavy atom. The number of esters is 1. The zero-order valence-electron chi connectivity index (χ0n) is 16.2. The molecule has 1 aromatic rings. The minimum absolute atomic E-state index is 0.0420. The molecule has 6 heteroatoms. The normalized spacial score (nSPS) is 20.8. The van der Waals surface area contributed by atoms with E-state index >= 15 is 0 Å². The van der Waals surface area contributed by atoms with Gasteiger partial charge in [-0.2, -0.15) is 0 Å². The predicted molar refractivity (Wildman–Crippen MR) is 107 cm³/mol. The summed E-state index contributed by atoms with van der Waals surface area (Å²) in [4.78, 5) is 37.1. The van der Waals surface area contributed by atoms with Gasteiger partial charge in [-0.1, -0.05) is 48.8 Å². The van der Waals surface area contributed by atoms with E-state index in [2.05, 4.69) is 28.2 Å². The molecular weight excluding hydrogens is 410 g/mol. The monoisotopic (exact) mass is 437 g/mol. The SMILES string of the molecule is CC1CCC(C(=O)N[C@@H](C(=O)OCC(=O)c2ccc(Br)cc2)C(C)C)CC1. The van der Waals surface area contributed by atoms with E-state index in [-0.39, 0.29) is 30.1 Å². The molecule has 1 amide bonds. The van der Waals surface area contributed by atoms with Crippen molar-refractivity contribution in [2.75, 3.05) is 6.61 Å². The molecule has 0 aliphatic heterocycles. The standard InChI is InChI=1S/C21H28BrNO4/c1-13(2)19(23-20(25)16-6-4-14(3)5-7-16)21(26)27-12-18(24)15-8-10-17(22)11-9-15/h8-11,13-14,16,19H,4-7,12H2,1-3H3,(H,23,25)/t14?,16?,19-/m1/s1. The zero-order chi connectivity index (χ0) is 20.0. The summed E-state index contributed by atoms with van der Waals surface area (Å²) in [5.41, 5.74) is 0.479. The maximum absolute atomic E-state index is 12.5. The highest BCUT2D eigenvalue weighted by Crippen LogP contribution is 2.28. The third-order valence-electron chi connectivity index (χ3n) is 5.12. The van der Waals surface area contributed by atoms with E-state index in [1.54, 1.807) is 24.3 Å². The van der Waals surface area contributed by atoms with Gasteiger partial charge in [0.1, 0.15) is 6.04 Å². The van der Waals surface area contributed by atoms with E-state index in [1.165, 1.54) is 0 Å². The van der Waals surface area contributed by atoms with Crippen LogP contribution in [0.25, 0.3) is 0 Å². The first-order valence-corrected chi connectivity index (χ1v) is 10.3. The predicted octanol–water partition coefficient (Wildman–Crippen LogP) is 4.14. The number of carbonyl (C=O) groups is 3. The number of halogens is 1. The molecule has 0 aromatic heterocycles. The molecule has 1 N–H and O–H groups in total. The summed E-state index contributed by atoms with van der Waals surface area (Å²) in [6.07, 6.45) is 3.79. The van der Waals surface area contributed by atoms with Gasteiger partial charge in [-0.15, -0.1) is 0 Å². The van der Waals surface area contributed by atoms with Crippen LogP contribution < -0.4 is 5.32 Å². The number of ketones is 1. The van der Waals surface area contributed by atoms with Crippen molar-refractivity contribution >= 4 is 33.6 Å². The number of Topliss-reactive ketones (excluding diaryl/α,β-unsaturated/α-hetero) is 1. The van der Waals surface area contributed by atoms with Gasteiger partial charge >= 0.3 is 5.97 Å². The van der Waals surface area contributed by atoms with E-state index in [4.69, 9.17) is 4.74 Å². The minimum atomic E-state index is -0.741. The van der Waals surface area contributed by atoms with Crippen LogP contribution in [0.2, 0.25) is 0 Å². The quantitative estimate of drug-likeness (QED) is 0.513. The van der Waals surface area contributed by atoms with Gasteiger partial charge in [-0.3, -0.25) is 9.59 Å². The second-order valence-electron chi connectivity index (χ2n) is 7.72. The summed E-state index contributed by atoms with van der Waals surface area (Å²) < 4.78 is 6.07. The number of hydrogen-bond acceptors (Lipinski definition) is 4. The molecule has 148 valence electrons. The molecule has 1 aliphatic carbocycles. The summed E-state index contributed by atoms with van der Waals surface area (Å²) in [6, 6.07) is 6.13. The summed E-state index contributed by atoms with van der Waals surface area (Å²) in [5, 5.41) is 2.84. The first kappa shape index (κ1) is 21.6. The Labute approximate surface area is 169 Å². The average Bonchev–Trinajstić information content (AvgIpc) is 2.64. The van der Waals surface area contributed by atoms with E-state index in [9.17, 15) is 14.4 Å². The lowest BCUT2D eigenvalue weighted by Gasteiger charge is -2.28. The highest BCUT2D eigenvalue weighted by Gasteiger charge is 2.31. The Kier molecular flexibility index (Phi) is 8.02. The van der Waals surface area contributed by atoms with E-state index < -0.39 is 12.0 Å². The fourth-order valence-corrected chi connectivity index (χ4v) is 3.50. The summed E-state index contributed by atoms with van der Waals surface area (Å²) >= 11 is 3.31. The Hall–Kier alpha value is -1.69. The molecule has 27 heavy (non-hydrogen) atoms. The molecule has 1 saturated carbocycles. The Balaban J connectivity index is 1.89.